The number of piperidine rings is 1. The van der Waals surface area contributed by atoms with E-state index in [1.165, 1.54) is 6.07 Å². The first kappa shape index (κ1) is 19.4. The van der Waals surface area contributed by atoms with E-state index in [0.717, 1.165) is 47.3 Å². The number of rotatable bonds is 4. The summed E-state index contributed by atoms with van der Waals surface area (Å²) >= 11 is 0. The van der Waals surface area contributed by atoms with Gasteiger partial charge in [-0.1, -0.05) is 43.3 Å². The van der Waals surface area contributed by atoms with Gasteiger partial charge in [0.2, 0.25) is 5.91 Å². The Hall–Kier alpha value is -2.95. The first-order chi connectivity index (χ1) is 14.1. The minimum Gasteiger partial charge on any atom is -0.339 e. The van der Waals surface area contributed by atoms with Gasteiger partial charge in [0.05, 0.1) is 11.0 Å². The molecular weight excluding hydrogens is 365 g/mol. The lowest BCUT2D eigenvalue weighted by molar-refractivity contribution is -0.128. The number of carbonyl (C=O) groups is 1. The van der Waals surface area contributed by atoms with Crippen LogP contribution in [-0.2, 0) is 4.79 Å². The molecule has 0 saturated carbocycles. The lowest BCUT2D eigenvalue weighted by Crippen LogP contribution is -2.39. The minimum atomic E-state index is -0.258. The van der Waals surface area contributed by atoms with Gasteiger partial charge in [0.1, 0.15) is 11.6 Å². The second kappa shape index (κ2) is 8.19. The van der Waals surface area contributed by atoms with Crippen molar-refractivity contribution in [3.63, 3.8) is 0 Å². The molecule has 29 heavy (non-hydrogen) atoms. The molecule has 2 aromatic carbocycles. The molecule has 0 aliphatic carbocycles. The molecule has 1 aliphatic heterocycles. The highest BCUT2D eigenvalue weighted by Gasteiger charge is 2.27. The van der Waals surface area contributed by atoms with Gasteiger partial charge in [-0.25, -0.2) is 9.37 Å². The maximum atomic E-state index is 14.0. The summed E-state index contributed by atoms with van der Waals surface area (Å²) in [6, 6.07) is 15.0. The number of likely N-dealkylation sites (tertiary alicyclic amines) is 1. The van der Waals surface area contributed by atoms with Gasteiger partial charge in [-0.3, -0.25) is 4.79 Å². The van der Waals surface area contributed by atoms with Crippen molar-refractivity contribution in [1.82, 2.24) is 14.5 Å². The third-order valence-electron chi connectivity index (χ3n) is 5.65. The number of hydrogen-bond acceptors (Lipinski definition) is 2. The van der Waals surface area contributed by atoms with Crippen molar-refractivity contribution in [3.8, 4) is 11.4 Å². The molecule has 1 amide bonds. The van der Waals surface area contributed by atoms with E-state index in [1.807, 2.05) is 55.2 Å². The molecule has 0 bridgehead atoms. The molecule has 1 aliphatic rings. The van der Waals surface area contributed by atoms with E-state index < -0.39 is 0 Å². The molecule has 1 fully saturated rings. The predicted molar refractivity (Wildman–Crippen MR) is 114 cm³/mol. The molecule has 0 atom stereocenters. The first-order valence-electron chi connectivity index (χ1n) is 10.3. The Morgan fingerprint density at radius 1 is 1.17 bits per heavy atom. The van der Waals surface area contributed by atoms with Crippen LogP contribution in [0, 0.1) is 5.82 Å². The van der Waals surface area contributed by atoms with Gasteiger partial charge in [-0.15, -0.1) is 0 Å². The van der Waals surface area contributed by atoms with Crippen LogP contribution >= 0.6 is 0 Å². The minimum absolute atomic E-state index is 0.120. The topological polar surface area (TPSA) is 38.1 Å². The number of hydrogen-bond donors (Lipinski definition) is 0. The zero-order valence-electron chi connectivity index (χ0n) is 16.9. The van der Waals surface area contributed by atoms with E-state index in [4.69, 9.17) is 4.98 Å². The van der Waals surface area contributed by atoms with E-state index in [9.17, 15) is 9.18 Å². The molecule has 0 N–H and O–H groups in total. The van der Waals surface area contributed by atoms with Gasteiger partial charge < -0.3 is 9.47 Å². The number of amides is 1. The lowest BCUT2D eigenvalue weighted by Gasteiger charge is -2.34. The highest BCUT2D eigenvalue weighted by Crippen LogP contribution is 2.33. The SMILES string of the molecule is CC/C=C(\C)C(=O)N1CCC(n2c(-c3ccccc3)nc3ccc(F)cc32)CC1. The molecule has 2 heterocycles. The number of halogens is 1. The summed E-state index contributed by atoms with van der Waals surface area (Å²) in [5.41, 5.74) is 3.44. The Labute approximate surface area is 170 Å². The quantitative estimate of drug-likeness (QED) is 0.562. The van der Waals surface area contributed by atoms with E-state index in [1.54, 1.807) is 12.1 Å². The molecule has 1 saturated heterocycles. The molecule has 150 valence electrons. The van der Waals surface area contributed by atoms with Crippen molar-refractivity contribution in [1.29, 1.82) is 0 Å². The van der Waals surface area contributed by atoms with Crippen molar-refractivity contribution in [2.75, 3.05) is 13.1 Å². The van der Waals surface area contributed by atoms with Gasteiger partial charge in [-0.05, 0) is 44.4 Å². The van der Waals surface area contributed by atoms with Crippen LogP contribution in [0.15, 0.2) is 60.2 Å². The van der Waals surface area contributed by atoms with E-state index in [-0.39, 0.29) is 17.8 Å². The van der Waals surface area contributed by atoms with Crippen LogP contribution < -0.4 is 0 Å². The summed E-state index contributed by atoms with van der Waals surface area (Å²) in [4.78, 5) is 19.4. The highest BCUT2D eigenvalue weighted by atomic mass is 19.1. The van der Waals surface area contributed by atoms with Crippen LogP contribution in [0.3, 0.4) is 0 Å². The highest BCUT2D eigenvalue weighted by molar-refractivity contribution is 5.92. The Bertz CT molecular complexity index is 1050. The Morgan fingerprint density at radius 3 is 2.59 bits per heavy atom. The van der Waals surface area contributed by atoms with Crippen molar-refractivity contribution >= 4 is 16.9 Å². The van der Waals surface area contributed by atoms with Crippen LogP contribution in [0.1, 0.15) is 39.2 Å². The van der Waals surface area contributed by atoms with Crippen LogP contribution in [0.2, 0.25) is 0 Å². The molecule has 0 spiro atoms. The van der Waals surface area contributed by atoms with Gasteiger partial charge in [-0.2, -0.15) is 0 Å². The summed E-state index contributed by atoms with van der Waals surface area (Å²) in [5, 5.41) is 0. The standard InChI is InChI=1S/C24H26FN3O/c1-3-7-17(2)24(29)27-14-12-20(13-15-27)28-22-16-19(25)10-11-21(22)26-23(28)18-8-5-4-6-9-18/h4-11,16,20H,3,12-15H2,1-2H3/b17-7+. The van der Waals surface area contributed by atoms with Crippen LogP contribution in [0.25, 0.3) is 22.4 Å². The molecule has 0 unspecified atom stereocenters. The number of fused-ring (bicyclic) bond motifs is 1. The summed E-state index contributed by atoms with van der Waals surface area (Å²) in [6.45, 7) is 5.32. The van der Waals surface area contributed by atoms with Crippen molar-refractivity contribution in [3.05, 3.63) is 66.0 Å². The van der Waals surface area contributed by atoms with Crippen molar-refractivity contribution in [2.45, 2.75) is 39.2 Å². The lowest BCUT2D eigenvalue weighted by atomic mass is 10.0. The second-order valence-corrected chi connectivity index (χ2v) is 7.62. The number of aromatic nitrogens is 2. The molecule has 4 rings (SSSR count). The molecule has 4 nitrogen and oxygen atoms in total. The molecular formula is C24H26FN3O. The summed E-state index contributed by atoms with van der Waals surface area (Å²) in [7, 11) is 0. The van der Waals surface area contributed by atoms with Crippen molar-refractivity contribution < 1.29 is 9.18 Å². The second-order valence-electron chi connectivity index (χ2n) is 7.62. The zero-order chi connectivity index (χ0) is 20.4. The third kappa shape index (κ3) is 3.82. The molecule has 5 heteroatoms. The van der Waals surface area contributed by atoms with Crippen LogP contribution in [0.4, 0.5) is 4.39 Å². The first-order valence-corrected chi connectivity index (χ1v) is 10.3. The van der Waals surface area contributed by atoms with Gasteiger partial charge >= 0.3 is 0 Å². The maximum Gasteiger partial charge on any atom is 0.249 e. The summed E-state index contributed by atoms with van der Waals surface area (Å²) in [5.74, 6) is 0.722. The van der Waals surface area contributed by atoms with Gasteiger partial charge in [0, 0.05) is 30.3 Å². The average molecular weight is 391 g/mol. The van der Waals surface area contributed by atoms with Crippen LogP contribution in [-0.4, -0.2) is 33.4 Å². The Kier molecular flexibility index (Phi) is 5.47. The molecule has 0 radical (unpaired) electrons. The van der Waals surface area contributed by atoms with Crippen molar-refractivity contribution in [2.24, 2.45) is 0 Å². The smallest absolute Gasteiger partial charge is 0.249 e. The van der Waals surface area contributed by atoms with E-state index >= 15 is 0 Å². The van der Waals surface area contributed by atoms with Gasteiger partial charge in [0.15, 0.2) is 0 Å². The monoisotopic (exact) mass is 391 g/mol. The Balaban J connectivity index is 1.67. The zero-order valence-corrected chi connectivity index (χ0v) is 16.9. The number of allylic oxidation sites excluding steroid dienone is 1. The largest absolute Gasteiger partial charge is 0.339 e. The normalized spacial score (nSPS) is 15.8. The molecule has 3 aromatic rings. The number of nitrogens with zero attached hydrogens (tertiary/aromatic N) is 3. The fourth-order valence-corrected chi connectivity index (χ4v) is 4.20. The molecule has 1 aromatic heterocycles. The van der Waals surface area contributed by atoms with E-state index in [2.05, 4.69) is 4.57 Å². The average Bonchev–Trinajstić information content (AvgIpc) is 3.12. The number of carbonyl (C=O) groups excluding carboxylic acids is 1. The fourth-order valence-electron chi connectivity index (χ4n) is 4.20. The van der Waals surface area contributed by atoms with Crippen LogP contribution in [0.5, 0.6) is 0 Å². The summed E-state index contributed by atoms with van der Waals surface area (Å²) < 4.78 is 16.2. The van der Waals surface area contributed by atoms with E-state index in [0.29, 0.717) is 13.1 Å². The third-order valence-corrected chi connectivity index (χ3v) is 5.65. The predicted octanol–water partition coefficient (Wildman–Crippen LogP) is 5.36. The van der Waals surface area contributed by atoms with Gasteiger partial charge in [0.25, 0.3) is 0 Å². The maximum absolute atomic E-state index is 14.0. The number of imidazole rings is 1. The number of benzene rings is 2. The Morgan fingerprint density at radius 2 is 1.90 bits per heavy atom. The fraction of sp³-hybridized carbons (Fsp3) is 0.333. The summed E-state index contributed by atoms with van der Waals surface area (Å²) in [6.07, 6.45) is 4.50.